The summed E-state index contributed by atoms with van der Waals surface area (Å²) in [5.41, 5.74) is 3.94. The summed E-state index contributed by atoms with van der Waals surface area (Å²) >= 11 is 0. The fourth-order valence-corrected chi connectivity index (χ4v) is 2.44. The van der Waals surface area contributed by atoms with Crippen molar-refractivity contribution in [2.24, 2.45) is 0 Å². The lowest BCUT2D eigenvalue weighted by atomic mass is 10.2. The van der Waals surface area contributed by atoms with Crippen molar-refractivity contribution in [3.05, 3.63) is 90.0 Å². The third kappa shape index (κ3) is 2.97. The molecular formula is C18H19N2+. The molecule has 100 valence electrons. The molecule has 0 N–H and O–H groups in total. The lowest BCUT2D eigenvalue weighted by Gasteiger charge is -1.99. The van der Waals surface area contributed by atoms with E-state index in [9.17, 15) is 0 Å². The van der Waals surface area contributed by atoms with Crippen LogP contribution in [0, 0.1) is 6.92 Å². The Balaban J connectivity index is 1.77. The first kappa shape index (κ1) is 12.7. The van der Waals surface area contributed by atoms with Crippen LogP contribution in [0.25, 0.3) is 0 Å². The van der Waals surface area contributed by atoms with E-state index in [1.165, 1.54) is 16.8 Å². The van der Waals surface area contributed by atoms with Crippen molar-refractivity contribution in [3.8, 4) is 0 Å². The molecule has 0 radical (unpaired) electrons. The van der Waals surface area contributed by atoms with Gasteiger partial charge in [0.15, 0.2) is 0 Å². The van der Waals surface area contributed by atoms with Crippen LogP contribution in [0.15, 0.2) is 73.2 Å². The smallest absolute Gasteiger partial charge is 0.232 e. The van der Waals surface area contributed by atoms with Crippen molar-refractivity contribution in [2.45, 2.75) is 20.0 Å². The fourth-order valence-electron chi connectivity index (χ4n) is 2.44. The summed E-state index contributed by atoms with van der Waals surface area (Å²) < 4.78 is 4.53. The topological polar surface area (TPSA) is 8.81 Å². The zero-order valence-electron chi connectivity index (χ0n) is 11.7. The van der Waals surface area contributed by atoms with E-state index in [1.54, 1.807) is 0 Å². The summed E-state index contributed by atoms with van der Waals surface area (Å²) in [5.74, 6) is 0. The number of aromatic nitrogens is 2. The summed E-state index contributed by atoms with van der Waals surface area (Å²) in [6, 6.07) is 21.1. The van der Waals surface area contributed by atoms with E-state index in [2.05, 4.69) is 89.2 Å². The molecule has 2 heteroatoms. The lowest BCUT2D eigenvalue weighted by Crippen LogP contribution is -2.31. The largest absolute Gasteiger partial charge is 0.244 e. The third-order valence-electron chi connectivity index (χ3n) is 3.50. The first-order chi connectivity index (χ1) is 9.81. The van der Waals surface area contributed by atoms with E-state index in [4.69, 9.17) is 0 Å². The van der Waals surface area contributed by atoms with Gasteiger partial charge >= 0.3 is 0 Å². The summed E-state index contributed by atoms with van der Waals surface area (Å²) in [7, 11) is 0. The van der Waals surface area contributed by atoms with Gasteiger partial charge in [-0.1, -0.05) is 60.7 Å². The molecule has 3 rings (SSSR count). The zero-order chi connectivity index (χ0) is 13.8. The number of hydrogen-bond donors (Lipinski definition) is 0. The van der Waals surface area contributed by atoms with Crippen molar-refractivity contribution in [1.82, 2.24) is 4.57 Å². The molecule has 0 spiro atoms. The lowest BCUT2D eigenvalue weighted by molar-refractivity contribution is -0.688. The maximum Gasteiger partial charge on any atom is 0.244 e. The van der Waals surface area contributed by atoms with Gasteiger partial charge in [-0.15, -0.1) is 0 Å². The van der Waals surface area contributed by atoms with Gasteiger partial charge in [0.1, 0.15) is 25.0 Å². The van der Waals surface area contributed by atoms with Gasteiger partial charge in [0.25, 0.3) is 0 Å². The Hall–Kier alpha value is -2.35. The van der Waals surface area contributed by atoms with E-state index in [1.807, 2.05) is 0 Å². The third-order valence-corrected chi connectivity index (χ3v) is 3.50. The van der Waals surface area contributed by atoms with Crippen molar-refractivity contribution in [2.75, 3.05) is 0 Å². The number of rotatable bonds is 4. The molecule has 0 aliphatic rings. The van der Waals surface area contributed by atoms with Crippen LogP contribution in [0.2, 0.25) is 0 Å². The first-order valence-electron chi connectivity index (χ1n) is 6.95. The number of imidazole rings is 1. The second kappa shape index (κ2) is 5.74. The maximum atomic E-state index is 2.29. The molecule has 2 aromatic carbocycles. The van der Waals surface area contributed by atoms with Crippen molar-refractivity contribution >= 4 is 0 Å². The molecule has 0 saturated carbocycles. The van der Waals surface area contributed by atoms with Crippen molar-refractivity contribution < 1.29 is 4.57 Å². The molecule has 0 saturated heterocycles. The van der Waals surface area contributed by atoms with E-state index >= 15 is 0 Å². The van der Waals surface area contributed by atoms with Gasteiger partial charge in [0.05, 0.1) is 0 Å². The van der Waals surface area contributed by atoms with Crippen molar-refractivity contribution in [3.63, 3.8) is 0 Å². The number of aryl methyl sites for hydroxylation is 1. The molecule has 0 bridgehead atoms. The van der Waals surface area contributed by atoms with Crippen LogP contribution in [0.1, 0.15) is 16.8 Å². The molecule has 0 amide bonds. The van der Waals surface area contributed by atoms with E-state index in [0.717, 1.165) is 13.1 Å². The minimum Gasteiger partial charge on any atom is -0.232 e. The minimum absolute atomic E-state index is 0.920. The standard InChI is InChI=1S/C18H19N2/c1-16-12-19(13-17-8-4-2-5-9-17)15-20(16)14-18-10-6-3-7-11-18/h2-12,15H,13-14H2,1H3/q+1. The fraction of sp³-hybridized carbons (Fsp3) is 0.167. The quantitative estimate of drug-likeness (QED) is 0.639. The summed E-state index contributed by atoms with van der Waals surface area (Å²) in [6.45, 7) is 4.00. The number of hydrogen-bond acceptors (Lipinski definition) is 0. The van der Waals surface area contributed by atoms with Crippen LogP contribution >= 0.6 is 0 Å². The van der Waals surface area contributed by atoms with Gasteiger partial charge in [-0.2, -0.15) is 0 Å². The molecule has 0 aliphatic heterocycles. The number of benzene rings is 2. The maximum absolute atomic E-state index is 2.29. The highest BCUT2D eigenvalue weighted by molar-refractivity contribution is 5.16. The normalized spacial score (nSPS) is 10.7. The van der Waals surface area contributed by atoms with Crippen molar-refractivity contribution in [1.29, 1.82) is 0 Å². The second-order valence-corrected chi connectivity index (χ2v) is 5.16. The van der Waals surface area contributed by atoms with E-state index in [0.29, 0.717) is 0 Å². The van der Waals surface area contributed by atoms with Gasteiger partial charge in [-0.05, 0) is 11.1 Å². The zero-order valence-corrected chi connectivity index (χ0v) is 11.7. The summed E-state index contributed by atoms with van der Waals surface area (Å²) in [5, 5.41) is 0. The Morgan fingerprint density at radius 1 is 0.850 bits per heavy atom. The molecule has 0 atom stereocenters. The molecule has 0 aliphatic carbocycles. The van der Waals surface area contributed by atoms with Crippen LogP contribution in [-0.4, -0.2) is 4.57 Å². The van der Waals surface area contributed by atoms with Gasteiger partial charge in [0.2, 0.25) is 6.33 Å². The Bertz CT molecular complexity index is 669. The monoisotopic (exact) mass is 263 g/mol. The van der Waals surface area contributed by atoms with Gasteiger partial charge in [0, 0.05) is 6.92 Å². The molecule has 1 aromatic heterocycles. The average molecular weight is 263 g/mol. The predicted octanol–water partition coefficient (Wildman–Crippen LogP) is 3.18. The second-order valence-electron chi connectivity index (χ2n) is 5.16. The number of nitrogens with zero attached hydrogens (tertiary/aromatic N) is 2. The van der Waals surface area contributed by atoms with E-state index < -0.39 is 0 Å². The van der Waals surface area contributed by atoms with Crippen LogP contribution in [-0.2, 0) is 13.1 Å². The van der Waals surface area contributed by atoms with Crippen LogP contribution < -0.4 is 4.57 Å². The molecule has 1 heterocycles. The molecular weight excluding hydrogens is 244 g/mol. The molecule has 20 heavy (non-hydrogen) atoms. The summed E-state index contributed by atoms with van der Waals surface area (Å²) in [6.07, 6.45) is 4.39. The van der Waals surface area contributed by atoms with Gasteiger partial charge in [-0.3, -0.25) is 0 Å². The van der Waals surface area contributed by atoms with Crippen LogP contribution in [0.5, 0.6) is 0 Å². The Kier molecular flexibility index (Phi) is 3.64. The van der Waals surface area contributed by atoms with Crippen LogP contribution in [0.3, 0.4) is 0 Å². The minimum atomic E-state index is 0.920. The van der Waals surface area contributed by atoms with Gasteiger partial charge < -0.3 is 0 Å². The first-order valence-corrected chi connectivity index (χ1v) is 6.95. The highest BCUT2D eigenvalue weighted by atomic mass is 15.1. The molecule has 0 unspecified atom stereocenters. The Labute approximate surface area is 119 Å². The predicted molar refractivity (Wildman–Crippen MR) is 80.5 cm³/mol. The Morgan fingerprint density at radius 2 is 1.45 bits per heavy atom. The summed E-state index contributed by atoms with van der Waals surface area (Å²) in [4.78, 5) is 0. The van der Waals surface area contributed by atoms with E-state index in [-0.39, 0.29) is 0 Å². The SMILES string of the molecule is Cc1c[n+](Cc2ccccc2)cn1Cc1ccccc1. The highest BCUT2D eigenvalue weighted by Gasteiger charge is 2.10. The highest BCUT2D eigenvalue weighted by Crippen LogP contribution is 2.05. The Morgan fingerprint density at radius 3 is 2.10 bits per heavy atom. The van der Waals surface area contributed by atoms with Gasteiger partial charge in [-0.25, -0.2) is 9.13 Å². The molecule has 3 aromatic rings. The molecule has 0 fully saturated rings. The van der Waals surface area contributed by atoms with Crippen LogP contribution in [0.4, 0.5) is 0 Å². The average Bonchev–Trinajstić information content (AvgIpc) is 2.81. The molecule has 2 nitrogen and oxygen atoms in total.